The van der Waals surface area contributed by atoms with Crippen molar-refractivity contribution in [3.05, 3.63) is 94.4 Å². The van der Waals surface area contributed by atoms with E-state index in [0.717, 1.165) is 25.7 Å². The quantitative estimate of drug-likeness (QED) is 0.264. The van der Waals surface area contributed by atoms with Gasteiger partial charge in [0.25, 0.3) is 0 Å². The Balaban J connectivity index is 1.44. The molecule has 4 rings (SSSR count). The molecular weight excluding hydrogens is 410 g/mol. The van der Waals surface area contributed by atoms with Gasteiger partial charge in [0.2, 0.25) is 0 Å². The van der Waals surface area contributed by atoms with Crippen LogP contribution >= 0.6 is 23.1 Å². The third kappa shape index (κ3) is 4.69. The maximum Gasteiger partial charge on any atom is 0.156 e. The highest BCUT2D eigenvalue weighted by atomic mass is 32.2. The van der Waals surface area contributed by atoms with Crippen molar-refractivity contribution in [2.45, 2.75) is 10.9 Å². The maximum absolute atomic E-state index is 9.52. The molecule has 0 N–H and O–H groups in total. The summed E-state index contributed by atoms with van der Waals surface area (Å²) in [6.45, 7) is 0.329. The van der Waals surface area contributed by atoms with Gasteiger partial charge in [-0.3, -0.25) is 0 Å². The molecule has 4 nitrogen and oxygen atoms in total. The van der Waals surface area contributed by atoms with E-state index in [-0.39, 0.29) is 0 Å². The Hall–Kier alpha value is -3.58. The first-order valence-corrected chi connectivity index (χ1v) is 10.7. The predicted octanol–water partition coefficient (Wildman–Crippen LogP) is 6.40. The van der Waals surface area contributed by atoms with Crippen LogP contribution < -0.4 is 4.74 Å². The summed E-state index contributed by atoms with van der Waals surface area (Å²) in [5.74, 6) is 0.706. The summed E-state index contributed by atoms with van der Waals surface area (Å²) >= 11 is 2.95. The minimum atomic E-state index is 0.329. The van der Waals surface area contributed by atoms with E-state index in [0.29, 0.717) is 22.8 Å². The average Bonchev–Trinajstić information content (AvgIpc) is 3.20. The summed E-state index contributed by atoms with van der Waals surface area (Å²) in [5.41, 5.74) is 3.32. The van der Waals surface area contributed by atoms with E-state index in [9.17, 15) is 5.26 Å². The number of ether oxygens (including phenoxy) is 1. The number of hydrogen-bond acceptors (Lipinski definition) is 6. The Morgan fingerprint density at radius 1 is 1.00 bits per heavy atom. The normalized spacial score (nSPS) is 11.1. The lowest BCUT2D eigenvalue weighted by molar-refractivity contribution is 0.306. The molecule has 0 atom stereocenters. The molecular formula is C24H15N3OS2. The van der Waals surface area contributed by atoms with E-state index in [4.69, 9.17) is 10.00 Å². The van der Waals surface area contributed by atoms with Crippen molar-refractivity contribution in [1.82, 2.24) is 4.98 Å². The SMILES string of the molecule is N#C/C(=C\c1ccc(OCc2ccccc2C#N)cc1)Sc1nc2ccccc2s1. The number of benzene rings is 3. The highest BCUT2D eigenvalue weighted by Crippen LogP contribution is 2.34. The fourth-order valence-electron chi connectivity index (χ4n) is 2.80. The molecule has 1 heterocycles. The second-order valence-electron chi connectivity index (χ2n) is 6.30. The van der Waals surface area contributed by atoms with E-state index in [1.807, 2.05) is 72.8 Å². The first kappa shape index (κ1) is 19.7. The number of thiazole rings is 1. The smallest absolute Gasteiger partial charge is 0.156 e. The van der Waals surface area contributed by atoms with Crippen molar-refractivity contribution in [2.75, 3.05) is 0 Å². The van der Waals surface area contributed by atoms with Gasteiger partial charge >= 0.3 is 0 Å². The van der Waals surface area contributed by atoms with Crippen LogP contribution in [0.2, 0.25) is 0 Å². The average molecular weight is 426 g/mol. The van der Waals surface area contributed by atoms with Crippen LogP contribution in [0.3, 0.4) is 0 Å². The zero-order valence-corrected chi connectivity index (χ0v) is 17.4. The Labute approximate surface area is 182 Å². The molecule has 0 radical (unpaired) electrons. The molecule has 0 saturated heterocycles. The van der Waals surface area contributed by atoms with Gasteiger partial charge in [-0.15, -0.1) is 11.3 Å². The van der Waals surface area contributed by atoms with Gasteiger partial charge in [0.1, 0.15) is 18.4 Å². The highest BCUT2D eigenvalue weighted by molar-refractivity contribution is 8.05. The molecule has 0 bridgehead atoms. The third-order valence-electron chi connectivity index (χ3n) is 4.29. The number of aromatic nitrogens is 1. The van der Waals surface area contributed by atoms with Crippen LogP contribution in [0, 0.1) is 22.7 Å². The lowest BCUT2D eigenvalue weighted by Gasteiger charge is -2.08. The van der Waals surface area contributed by atoms with E-state index in [1.165, 1.54) is 11.8 Å². The molecule has 0 spiro atoms. The number of para-hydroxylation sites is 1. The first-order valence-electron chi connectivity index (χ1n) is 9.11. The van der Waals surface area contributed by atoms with E-state index in [2.05, 4.69) is 17.1 Å². The number of allylic oxidation sites excluding steroid dienone is 1. The maximum atomic E-state index is 9.52. The van der Waals surface area contributed by atoms with Gasteiger partial charge in [0, 0.05) is 5.56 Å². The molecule has 0 aliphatic carbocycles. The Morgan fingerprint density at radius 2 is 1.77 bits per heavy atom. The Morgan fingerprint density at radius 3 is 2.53 bits per heavy atom. The van der Waals surface area contributed by atoms with Gasteiger partial charge in [-0.1, -0.05) is 42.5 Å². The molecule has 0 fully saturated rings. The summed E-state index contributed by atoms with van der Waals surface area (Å²) in [7, 11) is 0. The van der Waals surface area contributed by atoms with Crippen molar-refractivity contribution in [3.63, 3.8) is 0 Å². The van der Waals surface area contributed by atoms with E-state index >= 15 is 0 Å². The second kappa shape index (κ2) is 9.28. The minimum absolute atomic E-state index is 0.329. The largest absolute Gasteiger partial charge is 0.489 e. The summed E-state index contributed by atoms with van der Waals surface area (Å²) in [4.78, 5) is 5.14. The lowest BCUT2D eigenvalue weighted by atomic mass is 10.1. The monoisotopic (exact) mass is 425 g/mol. The molecule has 3 aromatic carbocycles. The van der Waals surface area contributed by atoms with Gasteiger partial charge in [-0.05, 0) is 53.7 Å². The van der Waals surface area contributed by atoms with Crippen LogP contribution in [0.4, 0.5) is 0 Å². The summed E-state index contributed by atoms with van der Waals surface area (Å²) < 4.78 is 7.76. The van der Waals surface area contributed by atoms with Crippen molar-refractivity contribution in [2.24, 2.45) is 0 Å². The third-order valence-corrected chi connectivity index (χ3v) is 6.32. The number of nitriles is 2. The number of fused-ring (bicyclic) bond motifs is 1. The van der Waals surface area contributed by atoms with Gasteiger partial charge in [-0.25, -0.2) is 4.98 Å². The molecule has 6 heteroatoms. The van der Waals surface area contributed by atoms with Crippen molar-refractivity contribution in [1.29, 1.82) is 10.5 Å². The van der Waals surface area contributed by atoms with Crippen molar-refractivity contribution in [3.8, 4) is 17.9 Å². The molecule has 0 aliphatic heterocycles. The minimum Gasteiger partial charge on any atom is -0.489 e. The fraction of sp³-hybridized carbons (Fsp3) is 0.0417. The molecule has 0 saturated carbocycles. The molecule has 0 amide bonds. The highest BCUT2D eigenvalue weighted by Gasteiger charge is 2.07. The summed E-state index contributed by atoms with van der Waals surface area (Å²) in [6.07, 6.45) is 1.84. The van der Waals surface area contributed by atoms with Gasteiger partial charge < -0.3 is 4.74 Å². The zero-order valence-electron chi connectivity index (χ0n) is 15.8. The number of hydrogen-bond donors (Lipinski definition) is 0. The number of nitrogens with zero attached hydrogens (tertiary/aromatic N) is 3. The van der Waals surface area contributed by atoms with Crippen LogP contribution in [0.1, 0.15) is 16.7 Å². The van der Waals surface area contributed by atoms with Crippen LogP contribution in [0.15, 0.2) is 82.0 Å². The second-order valence-corrected chi connectivity index (χ2v) is 8.62. The van der Waals surface area contributed by atoms with Gasteiger partial charge in [-0.2, -0.15) is 10.5 Å². The summed E-state index contributed by atoms with van der Waals surface area (Å²) in [6, 6.07) is 27.3. The lowest BCUT2D eigenvalue weighted by Crippen LogP contribution is -1.97. The topological polar surface area (TPSA) is 69.7 Å². The van der Waals surface area contributed by atoms with Crippen LogP contribution in [0.5, 0.6) is 5.75 Å². The molecule has 1 aromatic heterocycles. The van der Waals surface area contributed by atoms with E-state index < -0.39 is 0 Å². The zero-order chi connectivity index (χ0) is 20.8. The Bertz CT molecular complexity index is 1260. The van der Waals surface area contributed by atoms with Crippen molar-refractivity contribution >= 4 is 39.4 Å². The Kier molecular flexibility index (Phi) is 6.10. The molecule has 144 valence electrons. The summed E-state index contributed by atoms with van der Waals surface area (Å²) in [5, 5.41) is 18.7. The van der Waals surface area contributed by atoms with Crippen LogP contribution in [0.25, 0.3) is 16.3 Å². The molecule has 0 aliphatic rings. The molecule has 4 aromatic rings. The van der Waals surface area contributed by atoms with Crippen LogP contribution in [-0.2, 0) is 6.61 Å². The first-order chi connectivity index (χ1) is 14.7. The predicted molar refractivity (Wildman–Crippen MR) is 121 cm³/mol. The fourth-order valence-corrected chi connectivity index (χ4v) is 4.78. The molecule has 30 heavy (non-hydrogen) atoms. The van der Waals surface area contributed by atoms with E-state index in [1.54, 1.807) is 17.4 Å². The molecule has 0 unspecified atom stereocenters. The van der Waals surface area contributed by atoms with Crippen LogP contribution in [-0.4, -0.2) is 4.98 Å². The van der Waals surface area contributed by atoms with Gasteiger partial charge in [0.05, 0.1) is 26.8 Å². The number of rotatable bonds is 6. The van der Waals surface area contributed by atoms with Gasteiger partial charge in [0.15, 0.2) is 4.34 Å². The van der Waals surface area contributed by atoms with Crippen molar-refractivity contribution < 1.29 is 4.74 Å². The standard InChI is InChI=1S/C24H15N3OS2/c25-14-18-5-1-2-6-19(18)16-28-20-11-9-17(10-12-20)13-21(15-26)29-24-27-22-7-3-4-8-23(22)30-24/h1-13H,16H2/b21-13+. The number of thioether (sulfide) groups is 1.